The molecule has 0 radical (unpaired) electrons. The Bertz CT molecular complexity index is 634. The number of nitrogens with one attached hydrogen (secondary N) is 1. The Labute approximate surface area is 142 Å². The van der Waals surface area contributed by atoms with Crippen LogP contribution in [0, 0.1) is 0 Å². The van der Waals surface area contributed by atoms with Crippen molar-refractivity contribution in [2.45, 2.75) is 51.5 Å². The van der Waals surface area contributed by atoms with E-state index in [1.165, 1.54) is 46.1 Å². The van der Waals surface area contributed by atoms with Crippen LogP contribution in [0.5, 0.6) is 0 Å². The molecule has 0 aliphatic carbocycles. The van der Waals surface area contributed by atoms with Gasteiger partial charge in [0.25, 0.3) is 0 Å². The first-order chi connectivity index (χ1) is 10.6. The van der Waals surface area contributed by atoms with E-state index in [2.05, 4.69) is 77.6 Å². The van der Waals surface area contributed by atoms with Gasteiger partial charge in [0.05, 0.1) is 5.69 Å². The average molecular weight is 358 g/mol. The molecule has 0 saturated carbocycles. The minimum absolute atomic E-state index is 0.578. The molecular formula is C20H24BrN. The van der Waals surface area contributed by atoms with E-state index in [-0.39, 0.29) is 0 Å². The lowest BCUT2D eigenvalue weighted by Crippen LogP contribution is -2.26. The molecule has 2 aromatic rings. The lowest BCUT2D eigenvalue weighted by Gasteiger charge is -2.29. The second-order valence-electron chi connectivity index (χ2n) is 6.60. The van der Waals surface area contributed by atoms with Gasteiger partial charge in [0.1, 0.15) is 0 Å². The standard InChI is InChI=1S/C20H24BrN/c1-14(2)17-12-16-9-11-18(22-20(16)19(21)13-17)10-8-15-6-4-3-5-7-15/h3-7,12-14,18,22H,8-11H2,1-2H3. The minimum Gasteiger partial charge on any atom is -0.381 e. The second kappa shape index (κ2) is 6.87. The normalized spacial score (nSPS) is 17.2. The molecule has 0 amide bonds. The van der Waals surface area contributed by atoms with Crippen LogP contribution in [-0.2, 0) is 12.8 Å². The van der Waals surface area contributed by atoms with E-state index >= 15 is 0 Å². The van der Waals surface area contributed by atoms with Crippen LogP contribution in [0.15, 0.2) is 46.9 Å². The molecule has 2 heteroatoms. The number of halogens is 1. The molecule has 1 nitrogen and oxygen atoms in total. The molecule has 1 aliphatic heterocycles. The van der Waals surface area contributed by atoms with E-state index in [9.17, 15) is 0 Å². The maximum absolute atomic E-state index is 3.76. The van der Waals surface area contributed by atoms with E-state index in [4.69, 9.17) is 0 Å². The first kappa shape index (κ1) is 15.6. The van der Waals surface area contributed by atoms with Crippen molar-refractivity contribution in [1.82, 2.24) is 0 Å². The molecule has 0 spiro atoms. The fourth-order valence-corrected chi connectivity index (χ4v) is 3.82. The second-order valence-corrected chi connectivity index (χ2v) is 7.45. The first-order valence-corrected chi connectivity index (χ1v) is 9.05. The van der Waals surface area contributed by atoms with Crippen molar-refractivity contribution in [1.29, 1.82) is 0 Å². The third-order valence-corrected chi connectivity index (χ3v) is 5.22. The van der Waals surface area contributed by atoms with Crippen LogP contribution >= 0.6 is 15.9 Å². The van der Waals surface area contributed by atoms with E-state index in [0.717, 1.165) is 6.42 Å². The van der Waals surface area contributed by atoms with Gasteiger partial charge in [-0.3, -0.25) is 0 Å². The average Bonchev–Trinajstić information content (AvgIpc) is 2.54. The smallest absolute Gasteiger partial charge is 0.0519 e. The fourth-order valence-electron chi connectivity index (χ4n) is 3.19. The van der Waals surface area contributed by atoms with Crippen LogP contribution in [0.25, 0.3) is 0 Å². The molecule has 1 N–H and O–H groups in total. The monoisotopic (exact) mass is 357 g/mol. The van der Waals surface area contributed by atoms with Crippen LogP contribution < -0.4 is 5.32 Å². The zero-order valence-corrected chi connectivity index (χ0v) is 15.0. The van der Waals surface area contributed by atoms with Gasteiger partial charge >= 0.3 is 0 Å². The SMILES string of the molecule is CC(C)c1cc(Br)c2c(c1)CCC(CCc1ccccc1)N2. The van der Waals surface area contributed by atoms with Crippen molar-refractivity contribution in [3.05, 3.63) is 63.6 Å². The zero-order chi connectivity index (χ0) is 15.5. The van der Waals surface area contributed by atoms with Gasteiger partial charge in [-0.15, -0.1) is 0 Å². The lowest BCUT2D eigenvalue weighted by atomic mass is 9.91. The highest BCUT2D eigenvalue weighted by Gasteiger charge is 2.20. The van der Waals surface area contributed by atoms with Crippen LogP contribution in [0.1, 0.15) is 49.3 Å². The summed E-state index contributed by atoms with van der Waals surface area (Å²) in [5, 5.41) is 3.75. The molecule has 1 unspecified atom stereocenters. The third-order valence-electron chi connectivity index (χ3n) is 4.60. The van der Waals surface area contributed by atoms with Crippen molar-refractivity contribution in [3.8, 4) is 0 Å². The molecule has 0 saturated heterocycles. The molecule has 116 valence electrons. The van der Waals surface area contributed by atoms with Crippen LogP contribution in [0.3, 0.4) is 0 Å². The van der Waals surface area contributed by atoms with Crippen molar-refractivity contribution in [2.75, 3.05) is 5.32 Å². The first-order valence-electron chi connectivity index (χ1n) is 8.26. The van der Waals surface area contributed by atoms with Gasteiger partial charge < -0.3 is 5.32 Å². The Morgan fingerprint density at radius 1 is 1.18 bits per heavy atom. The molecule has 0 bridgehead atoms. The molecule has 1 atom stereocenters. The van der Waals surface area contributed by atoms with Gasteiger partial charge in [-0.25, -0.2) is 0 Å². The maximum Gasteiger partial charge on any atom is 0.0519 e. The summed E-state index contributed by atoms with van der Waals surface area (Å²) in [6.07, 6.45) is 4.76. The van der Waals surface area contributed by atoms with Crippen molar-refractivity contribution < 1.29 is 0 Å². The lowest BCUT2D eigenvalue weighted by molar-refractivity contribution is 0.585. The predicted octanol–water partition coefficient (Wildman–Crippen LogP) is 5.93. The molecule has 3 rings (SSSR count). The number of rotatable bonds is 4. The summed E-state index contributed by atoms with van der Waals surface area (Å²) >= 11 is 3.76. The summed E-state index contributed by atoms with van der Waals surface area (Å²) in [5.41, 5.74) is 5.64. The van der Waals surface area contributed by atoms with Crippen LogP contribution in [0.2, 0.25) is 0 Å². The topological polar surface area (TPSA) is 12.0 Å². The molecule has 2 aromatic carbocycles. The number of anilines is 1. The Morgan fingerprint density at radius 3 is 2.68 bits per heavy atom. The van der Waals surface area contributed by atoms with E-state index in [0.29, 0.717) is 12.0 Å². The molecule has 1 heterocycles. The highest BCUT2D eigenvalue weighted by atomic mass is 79.9. The van der Waals surface area contributed by atoms with Gasteiger partial charge in [0.15, 0.2) is 0 Å². The zero-order valence-electron chi connectivity index (χ0n) is 13.4. The van der Waals surface area contributed by atoms with Crippen LogP contribution in [0.4, 0.5) is 5.69 Å². The van der Waals surface area contributed by atoms with Gasteiger partial charge in [0, 0.05) is 10.5 Å². The molecule has 0 aromatic heterocycles. The Morgan fingerprint density at radius 2 is 1.95 bits per heavy atom. The van der Waals surface area contributed by atoms with Gasteiger partial charge in [-0.2, -0.15) is 0 Å². The number of hydrogen-bond acceptors (Lipinski definition) is 1. The highest BCUT2D eigenvalue weighted by molar-refractivity contribution is 9.10. The van der Waals surface area contributed by atoms with E-state index in [1.54, 1.807) is 0 Å². The number of hydrogen-bond donors (Lipinski definition) is 1. The highest BCUT2D eigenvalue weighted by Crippen LogP contribution is 2.36. The Balaban J connectivity index is 1.69. The van der Waals surface area contributed by atoms with Gasteiger partial charge in [0.2, 0.25) is 0 Å². The summed E-state index contributed by atoms with van der Waals surface area (Å²) in [7, 11) is 0. The molecular weight excluding hydrogens is 334 g/mol. The number of aryl methyl sites for hydroxylation is 2. The molecule has 22 heavy (non-hydrogen) atoms. The summed E-state index contributed by atoms with van der Waals surface area (Å²) < 4.78 is 1.22. The fraction of sp³-hybridized carbons (Fsp3) is 0.400. The minimum atomic E-state index is 0.578. The molecule has 1 aliphatic rings. The summed E-state index contributed by atoms with van der Waals surface area (Å²) in [6, 6.07) is 16.0. The largest absolute Gasteiger partial charge is 0.381 e. The van der Waals surface area contributed by atoms with Crippen molar-refractivity contribution >= 4 is 21.6 Å². The van der Waals surface area contributed by atoms with Crippen LogP contribution in [-0.4, -0.2) is 6.04 Å². The number of benzene rings is 2. The van der Waals surface area contributed by atoms with Gasteiger partial charge in [-0.05, 0) is 70.3 Å². The molecule has 0 fully saturated rings. The third kappa shape index (κ3) is 3.55. The quantitative estimate of drug-likeness (QED) is 0.714. The number of fused-ring (bicyclic) bond motifs is 1. The van der Waals surface area contributed by atoms with Gasteiger partial charge in [-0.1, -0.05) is 50.2 Å². The summed E-state index contributed by atoms with van der Waals surface area (Å²) in [5.74, 6) is 0.581. The van der Waals surface area contributed by atoms with Crippen molar-refractivity contribution in [3.63, 3.8) is 0 Å². The Kier molecular flexibility index (Phi) is 4.87. The van der Waals surface area contributed by atoms with Crippen molar-refractivity contribution in [2.24, 2.45) is 0 Å². The summed E-state index contributed by atoms with van der Waals surface area (Å²) in [4.78, 5) is 0. The van der Waals surface area contributed by atoms with E-state index in [1.807, 2.05) is 0 Å². The summed E-state index contributed by atoms with van der Waals surface area (Å²) in [6.45, 7) is 4.51. The predicted molar refractivity (Wildman–Crippen MR) is 98.7 cm³/mol. The maximum atomic E-state index is 3.76. The Hall–Kier alpha value is -1.28. The van der Waals surface area contributed by atoms with E-state index < -0.39 is 0 Å².